The molecule has 1 unspecified atom stereocenters. The van der Waals surface area contributed by atoms with E-state index in [0.29, 0.717) is 10.6 Å². The molecule has 4 nitrogen and oxygen atoms in total. The lowest BCUT2D eigenvalue weighted by atomic mass is 10.0. The van der Waals surface area contributed by atoms with Crippen molar-refractivity contribution in [3.8, 4) is 5.75 Å². The summed E-state index contributed by atoms with van der Waals surface area (Å²) >= 11 is 5.92. The van der Waals surface area contributed by atoms with Crippen LogP contribution in [0.3, 0.4) is 0 Å². The van der Waals surface area contributed by atoms with Crippen LogP contribution in [0.15, 0.2) is 48.5 Å². The van der Waals surface area contributed by atoms with E-state index in [2.05, 4.69) is 0 Å². The van der Waals surface area contributed by atoms with Crippen LogP contribution < -0.4 is 4.74 Å². The number of aliphatic hydroxyl groups is 1. The quantitative estimate of drug-likeness (QED) is 0.921. The number of ether oxygens (including phenoxy) is 1. The molecule has 0 heterocycles. The molecule has 0 aliphatic carbocycles. The average Bonchev–Trinajstić information content (AvgIpc) is 2.55. The monoisotopic (exact) mass is 319 g/mol. The molecule has 0 saturated carbocycles. The average molecular weight is 320 g/mol. The zero-order valence-electron chi connectivity index (χ0n) is 12.5. The number of aliphatic hydroxyl groups excluding tert-OH is 1. The highest BCUT2D eigenvalue weighted by molar-refractivity contribution is 6.30. The van der Waals surface area contributed by atoms with Crippen molar-refractivity contribution in [2.24, 2.45) is 0 Å². The van der Waals surface area contributed by atoms with Crippen LogP contribution in [0.25, 0.3) is 0 Å². The van der Waals surface area contributed by atoms with E-state index in [9.17, 15) is 9.90 Å². The molecule has 0 bridgehead atoms. The molecule has 1 atom stereocenters. The molecule has 0 saturated heterocycles. The molecule has 5 heteroatoms. The fourth-order valence-corrected chi connectivity index (χ4v) is 2.43. The second kappa shape index (κ2) is 7.29. The van der Waals surface area contributed by atoms with Gasteiger partial charge in [-0.25, -0.2) is 0 Å². The van der Waals surface area contributed by atoms with E-state index in [1.807, 2.05) is 12.1 Å². The van der Waals surface area contributed by atoms with Gasteiger partial charge >= 0.3 is 0 Å². The molecule has 1 N–H and O–H groups in total. The Hall–Kier alpha value is -2.04. The Morgan fingerprint density at radius 3 is 2.50 bits per heavy atom. The summed E-state index contributed by atoms with van der Waals surface area (Å²) in [5.74, 6) is 0.529. The molecule has 22 heavy (non-hydrogen) atoms. The maximum Gasteiger partial charge on any atom is 0.254 e. The zero-order valence-corrected chi connectivity index (χ0v) is 13.2. The number of methoxy groups -OCH3 is 1. The lowest BCUT2D eigenvalue weighted by molar-refractivity contribution is 0.0658. The second-order valence-electron chi connectivity index (χ2n) is 4.90. The predicted octanol–water partition coefficient (Wildman–Crippen LogP) is 3.15. The van der Waals surface area contributed by atoms with Crippen LogP contribution in [-0.4, -0.2) is 36.7 Å². The van der Waals surface area contributed by atoms with Gasteiger partial charge in [0.25, 0.3) is 5.91 Å². The van der Waals surface area contributed by atoms with Gasteiger partial charge in [0.15, 0.2) is 0 Å². The molecule has 0 aliphatic heterocycles. The summed E-state index contributed by atoms with van der Waals surface area (Å²) in [5, 5.41) is 10.2. The molecule has 0 spiro atoms. The van der Waals surface area contributed by atoms with Gasteiger partial charge in [0.2, 0.25) is 0 Å². The minimum atomic E-state index is -0.433. The van der Waals surface area contributed by atoms with E-state index < -0.39 is 6.04 Å². The van der Waals surface area contributed by atoms with E-state index in [-0.39, 0.29) is 12.5 Å². The normalized spacial score (nSPS) is 11.8. The van der Waals surface area contributed by atoms with Crippen LogP contribution in [0, 0.1) is 0 Å². The van der Waals surface area contributed by atoms with Crippen LogP contribution in [-0.2, 0) is 0 Å². The molecule has 0 radical (unpaired) electrons. The number of rotatable bonds is 5. The Kier molecular flexibility index (Phi) is 5.41. The Balaban J connectivity index is 2.23. The first kappa shape index (κ1) is 16.3. The molecule has 2 rings (SSSR count). The van der Waals surface area contributed by atoms with Crippen molar-refractivity contribution in [1.82, 2.24) is 4.90 Å². The van der Waals surface area contributed by atoms with E-state index >= 15 is 0 Å². The lowest BCUT2D eigenvalue weighted by Gasteiger charge is -2.27. The van der Waals surface area contributed by atoms with Gasteiger partial charge < -0.3 is 14.7 Å². The summed E-state index contributed by atoms with van der Waals surface area (Å²) < 4.78 is 5.12. The fraction of sp³-hybridized carbons (Fsp3) is 0.235. The molecule has 0 aromatic heterocycles. The maximum absolute atomic E-state index is 12.5. The molecule has 1 amide bonds. The molecule has 0 aliphatic rings. The zero-order chi connectivity index (χ0) is 16.1. The van der Waals surface area contributed by atoms with E-state index in [1.54, 1.807) is 50.6 Å². The first-order valence-corrected chi connectivity index (χ1v) is 7.22. The standard InChI is InChI=1S/C17H18ClNO3/c1-19(17(21)13-4-3-5-14(18)10-13)16(11-20)12-6-8-15(22-2)9-7-12/h3-10,16,20H,11H2,1-2H3. The van der Waals surface area contributed by atoms with Gasteiger partial charge in [-0.05, 0) is 35.9 Å². The van der Waals surface area contributed by atoms with Crippen molar-refractivity contribution < 1.29 is 14.6 Å². The number of nitrogens with zero attached hydrogens (tertiary/aromatic N) is 1. The summed E-state index contributed by atoms with van der Waals surface area (Å²) in [6, 6.07) is 13.6. The van der Waals surface area contributed by atoms with Gasteiger partial charge in [-0.3, -0.25) is 4.79 Å². The number of carbonyl (C=O) groups is 1. The third-order valence-electron chi connectivity index (χ3n) is 3.53. The fourth-order valence-electron chi connectivity index (χ4n) is 2.24. The topological polar surface area (TPSA) is 49.8 Å². The van der Waals surface area contributed by atoms with Gasteiger partial charge in [-0.2, -0.15) is 0 Å². The minimum absolute atomic E-state index is 0.171. The Morgan fingerprint density at radius 2 is 1.95 bits per heavy atom. The van der Waals surface area contributed by atoms with Gasteiger partial charge in [0.1, 0.15) is 5.75 Å². The minimum Gasteiger partial charge on any atom is -0.497 e. The van der Waals surface area contributed by atoms with Crippen LogP contribution >= 0.6 is 11.6 Å². The smallest absolute Gasteiger partial charge is 0.254 e. The summed E-state index contributed by atoms with van der Waals surface area (Å²) in [4.78, 5) is 14.0. The number of hydrogen-bond acceptors (Lipinski definition) is 3. The number of carbonyl (C=O) groups excluding carboxylic acids is 1. The highest BCUT2D eigenvalue weighted by atomic mass is 35.5. The maximum atomic E-state index is 12.5. The van der Waals surface area contributed by atoms with Crippen molar-refractivity contribution in [3.05, 3.63) is 64.7 Å². The molecule has 0 fully saturated rings. The van der Waals surface area contributed by atoms with Crippen molar-refractivity contribution >= 4 is 17.5 Å². The molecule has 2 aromatic rings. The molecular weight excluding hydrogens is 302 g/mol. The van der Waals surface area contributed by atoms with E-state index in [0.717, 1.165) is 11.3 Å². The van der Waals surface area contributed by atoms with Crippen molar-refractivity contribution in [1.29, 1.82) is 0 Å². The van der Waals surface area contributed by atoms with Crippen LogP contribution in [0.5, 0.6) is 5.75 Å². The van der Waals surface area contributed by atoms with Crippen molar-refractivity contribution in [2.45, 2.75) is 6.04 Å². The molecular formula is C17H18ClNO3. The summed E-state index contributed by atoms with van der Waals surface area (Å²) in [5.41, 5.74) is 1.32. The Labute approximate surface area is 134 Å². The summed E-state index contributed by atoms with van der Waals surface area (Å²) in [6.07, 6.45) is 0. The second-order valence-corrected chi connectivity index (χ2v) is 5.33. The SMILES string of the molecule is COc1ccc(C(CO)N(C)C(=O)c2cccc(Cl)c2)cc1. The first-order valence-electron chi connectivity index (χ1n) is 6.84. The Morgan fingerprint density at radius 1 is 1.27 bits per heavy atom. The highest BCUT2D eigenvalue weighted by Gasteiger charge is 2.22. The number of likely N-dealkylation sites (N-methyl/N-ethyl adjacent to an activating group) is 1. The third-order valence-corrected chi connectivity index (χ3v) is 3.77. The van der Waals surface area contributed by atoms with E-state index in [1.165, 1.54) is 4.90 Å². The van der Waals surface area contributed by atoms with Crippen molar-refractivity contribution in [2.75, 3.05) is 20.8 Å². The largest absolute Gasteiger partial charge is 0.497 e. The number of hydrogen-bond donors (Lipinski definition) is 1. The number of benzene rings is 2. The number of halogens is 1. The Bertz CT molecular complexity index is 643. The summed E-state index contributed by atoms with van der Waals surface area (Å²) in [6.45, 7) is -0.171. The lowest BCUT2D eigenvalue weighted by Crippen LogP contribution is -2.33. The van der Waals surface area contributed by atoms with Gasteiger partial charge in [0, 0.05) is 17.6 Å². The van der Waals surface area contributed by atoms with Gasteiger partial charge in [-0.1, -0.05) is 29.8 Å². The molecule has 116 valence electrons. The number of amides is 1. The third kappa shape index (κ3) is 3.59. The highest BCUT2D eigenvalue weighted by Crippen LogP contribution is 2.24. The van der Waals surface area contributed by atoms with Crippen LogP contribution in [0.1, 0.15) is 22.0 Å². The predicted molar refractivity (Wildman–Crippen MR) is 86.4 cm³/mol. The van der Waals surface area contributed by atoms with Gasteiger partial charge in [0.05, 0.1) is 19.8 Å². The summed E-state index contributed by atoms with van der Waals surface area (Å²) in [7, 11) is 3.25. The van der Waals surface area contributed by atoms with Crippen LogP contribution in [0.4, 0.5) is 0 Å². The van der Waals surface area contributed by atoms with Crippen LogP contribution in [0.2, 0.25) is 5.02 Å². The first-order chi connectivity index (χ1) is 10.6. The molecule has 2 aromatic carbocycles. The van der Waals surface area contributed by atoms with Gasteiger partial charge in [-0.15, -0.1) is 0 Å². The van der Waals surface area contributed by atoms with Crippen molar-refractivity contribution in [3.63, 3.8) is 0 Å². The van der Waals surface area contributed by atoms with E-state index in [4.69, 9.17) is 16.3 Å².